The molecular weight excluding hydrogens is 296 g/mol. The third-order valence-corrected chi connectivity index (χ3v) is 3.97. The molecule has 0 bridgehead atoms. The highest BCUT2D eigenvalue weighted by Crippen LogP contribution is 2.31. The predicted octanol–water partition coefficient (Wildman–Crippen LogP) is 0.974. The van der Waals surface area contributed by atoms with Gasteiger partial charge in [0.25, 0.3) is 11.8 Å². The van der Waals surface area contributed by atoms with Crippen LogP contribution in [0.25, 0.3) is 0 Å². The maximum Gasteiger partial charge on any atom is 0.274 e. The normalized spacial score (nSPS) is 18.0. The number of carbonyl (C=O) groups is 2. The molecule has 3 rings (SSSR count). The molecule has 0 aliphatic carbocycles. The maximum atomic E-state index is 12.7. The van der Waals surface area contributed by atoms with Gasteiger partial charge in [-0.2, -0.15) is 5.10 Å². The number of carbonyl (C=O) groups excluding carboxylic acids is 2. The standard InChI is InChI=1S/C15H18N6O2/c1-9-7-18-12(8-17-9)15(23)21-5-3-2-4-13(21)10-6-11(14(16)22)20-19-10/h6-8,13H,2-5H2,1H3,(H2,16,22)(H,19,20). The van der Waals surface area contributed by atoms with E-state index >= 15 is 0 Å². The highest BCUT2D eigenvalue weighted by Gasteiger charge is 2.31. The Morgan fingerprint density at radius 2 is 2.09 bits per heavy atom. The molecule has 0 saturated carbocycles. The molecule has 8 heteroatoms. The largest absolute Gasteiger partial charge is 0.364 e. The zero-order valence-electron chi connectivity index (χ0n) is 12.8. The number of hydrogen-bond acceptors (Lipinski definition) is 5. The van der Waals surface area contributed by atoms with Crippen LogP contribution in [0.1, 0.15) is 57.7 Å². The maximum absolute atomic E-state index is 12.7. The lowest BCUT2D eigenvalue weighted by molar-refractivity contribution is 0.0599. The fraction of sp³-hybridized carbons (Fsp3) is 0.400. The zero-order chi connectivity index (χ0) is 16.4. The molecule has 120 valence electrons. The summed E-state index contributed by atoms with van der Waals surface area (Å²) >= 11 is 0. The van der Waals surface area contributed by atoms with Crippen LogP contribution in [0.15, 0.2) is 18.5 Å². The van der Waals surface area contributed by atoms with Gasteiger partial charge in [0.1, 0.15) is 11.4 Å². The number of amides is 2. The summed E-state index contributed by atoms with van der Waals surface area (Å²) in [6.45, 7) is 2.45. The van der Waals surface area contributed by atoms with Crippen molar-refractivity contribution in [3.05, 3.63) is 41.2 Å². The molecule has 0 radical (unpaired) electrons. The number of H-pyrrole nitrogens is 1. The van der Waals surface area contributed by atoms with Gasteiger partial charge in [0.05, 0.1) is 23.6 Å². The summed E-state index contributed by atoms with van der Waals surface area (Å²) in [5, 5.41) is 6.73. The van der Waals surface area contributed by atoms with E-state index in [0.717, 1.165) is 25.0 Å². The number of rotatable bonds is 3. The predicted molar refractivity (Wildman–Crippen MR) is 81.5 cm³/mol. The highest BCUT2D eigenvalue weighted by molar-refractivity contribution is 5.92. The number of nitrogens with one attached hydrogen (secondary N) is 1. The Morgan fingerprint density at radius 3 is 2.74 bits per heavy atom. The van der Waals surface area contributed by atoms with E-state index < -0.39 is 5.91 Å². The summed E-state index contributed by atoms with van der Waals surface area (Å²) in [6, 6.07) is 1.44. The average Bonchev–Trinajstić information content (AvgIpc) is 3.05. The van der Waals surface area contributed by atoms with Crippen LogP contribution in [-0.4, -0.2) is 43.4 Å². The van der Waals surface area contributed by atoms with Crippen molar-refractivity contribution >= 4 is 11.8 Å². The summed E-state index contributed by atoms with van der Waals surface area (Å²) in [5.74, 6) is -0.761. The van der Waals surface area contributed by atoms with E-state index in [2.05, 4.69) is 20.2 Å². The Bertz CT molecular complexity index is 724. The van der Waals surface area contributed by atoms with Gasteiger partial charge in [-0.3, -0.25) is 19.7 Å². The van der Waals surface area contributed by atoms with Crippen LogP contribution in [-0.2, 0) is 0 Å². The van der Waals surface area contributed by atoms with Crippen LogP contribution in [0, 0.1) is 6.92 Å². The summed E-state index contributed by atoms with van der Waals surface area (Å²) < 4.78 is 0. The number of nitrogens with zero attached hydrogens (tertiary/aromatic N) is 4. The Morgan fingerprint density at radius 1 is 1.26 bits per heavy atom. The molecule has 1 unspecified atom stereocenters. The molecule has 2 aromatic rings. The fourth-order valence-electron chi connectivity index (χ4n) is 2.78. The first-order valence-corrected chi connectivity index (χ1v) is 7.51. The molecule has 1 saturated heterocycles. The van der Waals surface area contributed by atoms with Gasteiger partial charge in [0.2, 0.25) is 0 Å². The molecule has 1 aliphatic rings. The molecule has 3 N–H and O–H groups in total. The Balaban J connectivity index is 1.87. The van der Waals surface area contributed by atoms with Gasteiger partial charge in [0.15, 0.2) is 0 Å². The van der Waals surface area contributed by atoms with Crippen LogP contribution in [0.4, 0.5) is 0 Å². The lowest BCUT2D eigenvalue weighted by atomic mass is 9.98. The summed E-state index contributed by atoms with van der Waals surface area (Å²) in [5.41, 5.74) is 7.20. The second-order valence-electron chi connectivity index (χ2n) is 5.63. The van der Waals surface area contributed by atoms with Crippen LogP contribution in [0.3, 0.4) is 0 Å². The molecule has 0 aromatic carbocycles. The minimum Gasteiger partial charge on any atom is -0.364 e. The van der Waals surface area contributed by atoms with E-state index in [9.17, 15) is 9.59 Å². The second kappa shape index (κ2) is 6.15. The highest BCUT2D eigenvalue weighted by atomic mass is 16.2. The van der Waals surface area contributed by atoms with Crippen molar-refractivity contribution in [1.29, 1.82) is 0 Å². The first kappa shape index (κ1) is 15.1. The lowest BCUT2D eigenvalue weighted by Gasteiger charge is -2.34. The molecule has 8 nitrogen and oxygen atoms in total. The minimum atomic E-state index is -0.592. The van der Waals surface area contributed by atoms with Gasteiger partial charge < -0.3 is 10.6 Å². The van der Waals surface area contributed by atoms with E-state index in [1.807, 2.05) is 6.92 Å². The molecule has 1 aliphatic heterocycles. The topological polar surface area (TPSA) is 118 Å². The Labute approximate surface area is 133 Å². The SMILES string of the molecule is Cc1cnc(C(=O)N2CCCCC2c2cc(C(N)=O)n[nH]2)cn1. The van der Waals surface area contributed by atoms with Crippen molar-refractivity contribution < 1.29 is 9.59 Å². The zero-order valence-corrected chi connectivity index (χ0v) is 12.8. The number of aryl methyl sites for hydroxylation is 1. The van der Waals surface area contributed by atoms with Gasteiger partial charge >= 0.3 is 0 Å². The number of aromatic nitrogens is 4. The lowest BCUT2D eigenvalue weighted by Crippen LogP contribution is -2.39. The van der Waals surface area contributed by atoms with Crippen molar-refractivity contribution in [2.45, 2.75) is 32.2 Å². The summed E-state index contributed by atoms with van der Waals surface area (Å²) in [4.78, 5) is 34.0. The van der Waals surface area contributed by atoms with Crippen molar-refractivity contribution in [2.24, 2.45) is 5.73 Å². The van der Waals surface area contributed by atoms with E-state index in [4.69, 9.17) is 5.73 Å². The van der Waals surface area contributed by atoms with Gasteiger partial charge in [-0.25, -0.2) is 4.98 Å². The van der Waals surface area contributed by atoms with Crippen LogP contribution < -0.4 is 5.73 Å². The van der Waals surface area contributed by atoms with Crippen molar-refractivity contribution in [2.75, 3.05) is 6.54 Å². The van der Waals surface area contributed by atoms with Gasteiger partial charge in [-0.05, 0) is 32.3 Å². The third kappa shape index (κ3) is 3.05. The summed E-state index contributed by atoms with van der Waals surface area (Å²) in [6.07, 6.45) is 5.79. The Hall–Kier alpha value is -2.77. The van der Waals surface area contributed by atoms with Gasteiger partial charge in [0, 0.05) is 12.7 Å². The molecule has 0 spiro atoms. The van der Waals surface area contributed by atoms with Crippen molar-refractivity contribution in [3.63, 3.8) is 0 Å². The monoisotopic (exact) mass is 314 g/mol. The van der Waals surface area contributed by atoms with E-state index in [-0.39, 0.29) is 17.6 Å². The Kier molecular flexibility index (Phi) is 4.05. The average molecular weight is 314 g/mol. The van der Waals surface area contributed by atoms with Crippen molar-refractivity contribution in [1.82, 2.24) is 25.1 Å². The fourth-order valence-corrected chi connectivity index (χ4v) is 2.78. The summed E-state index contributed by atoms with van der Waals surface area (Å²) in [7, 11) is 0. The third-order valence-electron chi connectivity index (χ3n) is 3.97. The number of aromatic amines is 1. The van der Waals surface area contributed by atoms with Gasteiger partial charge in [-0.15, -0.1) is 0 Å². The first-order chi connectivity index (χ1) is 11.1. The molecule has 1 fully saturated rings. The molecule has 3 heterocycles. The molecule has 2 amide bonds. The van der Waals surface area contributed by atoms with Crippen LogP contribution >= 0.6 is 0 Å². The van der Waals surface area contributed by atoms with Crippen molar-refractivity contribution in [3.8, 4) is 0 Å². The quantitative estimate of drug-likeness (QED) is 0.875. The number of likely N-dealkylation sites (tertiary alicyclic amines) is 1. The minimum absolute atomic E-state index is 0.167. The molecular formula is C15H18N6O2. The van der Waals surface area contributed by atoms with E-state index in [1.165, 1.54) is 6.20 Å². The first-order valence-electron chi connectivity index (χ1n) is 7.51. The smallest absolute Gasteiger partial charge is 0.274 e. The molecule has 23 heavy (non-hydrogen) atoms. The number of nitrogens with two attached hydrogens (primary N) is 1. The van der Waals surface area contributed by atoms with Crippen LogP contribution in [0.5, 0.6) is 0 Å². The molecule has 1 atom stereocenters. The number of primary amides is 1. The van der Waals surface area contributed by atoms with E-state index in [1.54, 1.807) is 17.2 Å². The van der Waals surface area contributed by atoms with Gasteiger partial charge in [-0.1, -0.05) is 0 Å². The number of hydrogen-bond donors (Lipinski definition) is 2. The number of piperidine rings is 1. The molecule has 2 aromatic heterocycles. The van der Waals surface area contributed by atoms with E-state index in [0.29, 0.717) is 17.9 Å². The second-order valence-corrected chi connectivity index (χ2v) is 5.63. The van der Waals surface area contributed by atoms with Crippen LogP contribution in [0.2, 0.25) is 0 Å².